The van der Waals surface area contributed by atoms with Crippen LogP contribution in [0.3, 0.4) is 0 Å². The molecular weight excluding hydrogens is 306 g/mol. The fourth-order valence-electron chi connectivity index (χ4n) is 0.0323. The van der Waals surface area contributed by atoms with E-state index in [0.717, 1.165) is 9.83 Å². The van der Waals surface area contributed by atoms with Crippen molar-refractivity contribution in [3.8, 4) is 0 Å². The molecule has 0 nitrogen and oxygen atoms in total. The van der Waals surface area contributed by atoms with Crippen molar-refractivity contribution in [2.45, 2.75) is 0 Å². The fraction of sp³-hybridized carbons (Fsp3) is 0. The Morgan fingerprint density at radius 1 is 1.14 bits per heavy atom. The largest absolute Gasteiger partial charge is 0.152 e. The van der Waals surface area contributed by atoms with Gasteiger partial charge in [0.25, 0.3) is 0 Å². The van der Waals surface area contributed by atoms with Crippen molar-refractivity contribution in [2.24, 2.45) is 0 Å². The molecule has 0 bridgehead atoms. The van der Waals surface area contributed by atoms with Crippen LogP contribution in [0.4, 0.5) is 3.89 Å². The van der Waals surface area contributed by atoms with Crippen LogP contribution in [0.1, 0.15) is 0 Å². The van der Waals surface area contributed by atoms with Crippen LogP contribution in [0.25, 0.3) is 0 Å². The molecule has 0 fully saturated rings. The van der Waals surface area contributed by atoms with Gasteiger partial charge in [-0.25, -0.2) is 0 Å². The molecule has 0 saturated carbocycles. The zero-order valence-electron chi connectivity index (χ0n) is 2.80. The summed E-state index contributed by atoms with van der Waals surface area (Å²) in [5.74, 6) is 0. The summed E-state index contributed by atoms with van der Waals surface area (Å²) < 4.78 is 11.2. The zero-order chi connectivity index (χ0) is 5.54. The second kappa shape index (κ2) is 8.41. The topological polar surface area (TPSA) is 0 Å². The lowest BCUT2D eigenvalue weighted by Crippen LogP contribution is -1.20. The van der Waals surface area contributed by atoms with Crippen molar-refractivity contribution in [3.05, 3.63) is 0 Å². The second-order valence-electron chi connectivity index (χ2n) is 0.330. The third-order valence-electron chi connectivity index (χ3n) is 0.107. The molecule has 0 aromatic heterocycles. The lowest BCUT2D eigenvalue weighted by Gasteiger charge is -1.83. The first-order chi connectivity index (χ1) is 3.41. The van der Waals surface area contributed by atoms with Crippen LogP contribution in [0.2, 0.25) is 0 Å². The molecule has 0 aliphatic carbocycles. The van der Waals surface area contributed by atoms with Crippen molar-refractivity contribution in [3.63, 3.8) is 0 Å². The highest BCUT2D eigenvalue weighted by Gasteiger charge is 1.87. The van der Waals surface area contributed by atoms with Crippen LogP contribution in [0.5, 0.6) is 0 Å². The molecule has 0 spiro atoms. The first-order valence-corrected chi connectivity index (χ1v) is 9.57. The first kappa shape index (κ1) is 9.41. The third-order valence-corrected chi connectivity index (χ3v) is 9.85. The van der Waals surface area contributed by atoms with Crippen LogP contribution >= 0.6 is 69.8 Å². The molecule has 44 valence electrons. The van der Waals surface area contributed by atoms with E-state index in [1.165, 1.54) is 9.83 Å². The van der Waals surface area contributed by atoms with E-state index in [1.807, 2.05) is 0 Å². The van der Waals surface area contributed by atoms with Crippen molar-refractivity contribution in [1.82, 2.24) is 0 Å². The van der Waals surface area contributed by atoms with E-state index in [1.54, 1.807) is 17.8 Å². The van der Waals surface area contributed by atoms with E-state index >= 15 is 0 Å². The Hall–Kier alpha value is 2.41. The molecule has 0 amide bonds. The molecule has 7 heteroatoms. The molecule has 0 aromatic carbocycles. The fourth-order valence-corrected chi connectivity index (χ4v) is 9.31. The van der Waals surface area contributed by atoms with Crippen LogP contribution in [0, 0.1) is 0 Å². The maximum Gasteiger partial charge on any atom is 0.127 e. The Bertz CT molecular complexity index is 27.3. The van der Waals surface area contributed by atoms with Crippen molar-refractivity contribution >= 4 is 69.8 Å². The molecule has 0 aliphatic heterocycles. The molecule has 0 heterocycles. The van der Waals surface area contributed by atoms with E-state index in [2.05, 4.69) is 21.2 Å². The summed E-state index contributed by atoms with van der Waals surface area (Å²) in [5, 5.41) is 0. The van der Waals surface area contributed by atoms with Gasteiger partial charge in [-0.2, -0.15) is 3.89 Å². The van der Waals surface area contributed by atoms with Crippen molar-refractivity contribution in [2.75, 3.05) is 0 Å². The van der Waals surface area contributed by atoms with Gasteiger partial charge in [-0.3, -0.25) is 0 Å². The second-order valence-corrected chi connectivity index (χ2v) is 9.88. The van der Waals surface area contributed by atoms with Crippen molar-refractivity contribution in [1.29, 1.82) is 0 Å². The van der Waals surface area contributed by atoms with Gasteiger partial charge in [0.1, 0.15) is 11.2 Å². The van der Waals surface area contributed by atoms with Gasteiger partial charge in [0, 0.05) is 40.9 Å². The highest BCUT2D eigenvalue weighted by Crippen LogP contribution is 2.50. The Kier molecular flexibility index (Phi) is 11.3. The van der Waals surface area contributed by atoms with Gasteiger partial charge in [-0.05, 0) is 17.8 Å². The van der Waals surface area contributed by atoms with Crippen LogP contribution in [-0.2, 0) is 0 Å². The monoisotopic (exact) mass is 306 g/mol. The minimum Gasteiger partial charge on any atom is -0.152 e. The minimum atomic E-state index is 0.284. The number of rotatable bonds is 4. The lowest BCUT2D eigenvalue weighted by atomic mass is 18.9. The Balaban J connectivity index is 2.45. The quantitative estimate of drug-likeness (QED) is 0.423. The Morgan fingerprint density at radius 2 is 1.86 bits per heavy atom. The molecule has 0 radical (unpaired) electrons. The molecule has 7 heavy (non-hydrogen) atoms. The van der Waals surface area contributed by atoms with Gasteiger partial charge in [-0.1, -0.05) is 0 Å². The van der Waals surface area contributed by atoms with E-state index in [9.17, 15) is 3.89 Å². The van der Waals surface area contributed by atoms with Crippen LogP contribution in [0.15, 0.2) is 0 Å². The number of halogens is 2. The van der Waals surface area contributed by atoms with Gasteiger partial charge in [-0.15, -0.1) is 0 Å². The third kappa shape index (κ3) is 8.41. The first-order valence-electron chi connectivity index (χ1n) is 0.975. The van der Waals surface area contributed by atoms with Gasteiger partial charge in [0.05, 0.1) is 0 Å². The molecule has 0 unspecified atom stereocenters. The SMILES string of the molecule is FSSSSSI. The van der Waals surface area contributed by atoms with Crippen LogP contribution < -0.4 is 0 Å². The summed E-state index contributed by atoms with van der Waals surface area (Å²) in [6.45, 7) is 0. The van der Waals surface area contributed by atoms with E-state index in [4.69, 9.17) is 0 Å². The van der Waals surface area contributed by atoms with E-state index < -0.39 is 0 Å². The van der Waals surface area contributed by atoms with Gasteiger partial charge >= 0.3 is 0 Å². The number of hydrogen-bond acceptors (Lipinski definition) is 5. The molecule has 0 rings (SSSR count). The number of hydrogen-bond donors (Lipinski definition) is 0. The predicted molar refractivity (Wildman–Crippen MR) is 53.1 cm³/mol. The maximum absolute atomic E-state index is 11.2. The summed E-state index contributed by atoms with van der Waals surface area (Å²) in [4.78, 5) is 0. The predicted octanol–water partition coefficient (Wildman–Crippen LogP) is 4.55. The highest BCUT2D eigenvalue weighted by molar-refractivity contribution is 14.2. The van der Waals surface area contributed by atoms with Gasteiger partial charge in [0.15, 0.2) is 0 Å². The van der Waals surface area contributed by atoms with Gasteiger partial charge in [0.2, 0.25) is 0 Å². The standard InChI is InChI=1S/FIS5/c1-3-5-7-6-4-2. The smallest absolute Gasteiger partial charge is 0.127 e. The average Bonchev–Trinajstić information content (AvgIpc) is 1.69. The summed E-state index contributed by atoms with van der Waals surface area (Å²) in [7, 11) is 5.71. The zero-order valence-corrected chi connectivity index (χ0v) is 9.04. The Labute approximate surface area is 72.8 Å². The summed E-state index contributed by atoms with van der Waals surface area (Å²) in [6.07, 6.45) is 0. The summed E-state index contributed by atoms with van der Waals surface area (Å²) in [6, 6.07) is 0. The Morgan fingerprint density at radius 3 is 2.29 bits per heavy atom. The normalized spacial score (nSPS) is 9.43. The van der Waals surface area contributed by atoms with Crippen molar-refractivity contribution < 1.29 is 3.89 Å². The van der Waals surface area contributed by atoms with E-state index in [0.29, 0.717) is 0 Å². The molecular formula is FIS5. The molecule has 0 atom stereocenters. The van der Waals surface area contributed by atoms with E-state index in [-0.39, 0.29) is 11.2 Å². The molecule has 0 aromatic rings. The lowest BCUT2D eigenvalue weighted by molar-refractivity contribution is 0.954. The summed E-state index contributed by atoms with van der Waals surface area (Å²) >= 11 is 2.42. The van der Waals surface area contributed by atoms with Gasteiger partial charge < -0.3 is 0 Å². The molecule has 0 aliphatic rings. The average molecular weight is 306 g/mol. The molecule has 0 N–H and O–H groups in total. The van der Waals surface area contributed by atoms with Crippen LogP contribution in [-0.4, -0.2) is 0 Å². The minimum absolute atomic E-state index is 0.284. The summed E-state index contributed by atoms with van der Waals surface area (Å²) in [5.41, 5.74) is 0. The maximum atomic E-state index is 11.2. The highest BCUT2D eigenvalue weighted by atomic mass is 127. The molecule has 0 saturated heterocycles.